The summed E-state index contributed by atoms with van der Waals surface area (Å²) in [6.45, 7) is 0.921. The summed E-state index contributed by atoms with van der Waals surface area (Å²) in [4.78, 5) is 0. The molecule has 0 amide bonds. The van der Waals surface area contributed by atoms with E-state index in [1.54, 1.807) is 12.1 Å². The maximum Gasteiger partial charge on any atom is 0.164 e. The minimum atomic E-state index is -0.311. The van der Waals surface area contributed by atoms with Gasteiger partial charge in [-0.3, -0.25) is 0 Å². The molecule has 0 N–H and O–H groups in total. The molecule has 0 unspecified atom stereocenters. The largest absolute Gasteiger partial charge is 0.484 e. The van der Waals surface area contributed by atoms with Crippen molar-refractivity contribution in [1.82, 2.24) is 0 Å². The lowest BCUT2D eigenvalue weighted by Crippen LogP contribution is -1.92. The van der Waals surface area contributed by atoms with Crippen LogP contribution in [0.2, 0.25) is 0 Å². The molecule has 0 spiro atoms. The molecule has 0 fully saturated rings. The summed E-state index contributed by atoms with van der Waals surface area (Å²) in [6.07, 6.45) is 0. The fourth-order valence-electron chi connectivity index (χ4n) is 0.629. The highest BCUT2D eigenvalue weighted by molar-refractivity contribution is 5.21. The van der Waals surface area contributed by atoms with Crippen molar-refractivity contribution in [1.29, 1.82) is 0 Å². The molecule has 0 atom stereocenters. The predicted octanol–water partition coefficient (Wildman–Crippen LogP) is 1.66. The van der Waals surface area contributed by atoms with Gasteiger partial charge in [-0.05, 0) is 12.1 Å². The quantitative estimate of drug-likeness (QED) is 0.621. The Labute approximate surface area is 60.1 Å². The molecule has 0 aliphatic heterocycles. The van der Waals surface area contributed by atoms with Gasteiger partial charge in [0.05, 0.1) is 0 Å². The molecule has 0 heterocycles. The number of hydrogen-bond acceptors (Lipinski definition) is 1. The lowest BCUT2D eigenvalue weighted by atomic mass is 10.3. The Morgan fingerprint density at radius 3 is 2.60 bits per heavy atom. The molecule has 2 radical (unpaired) electrons. The Balaban J connectivity index is 2.43. The van der Waals surface area contributed by atoms with E-state index in [1.807, 2.05) is 18.2 Å². The van der Waals surface area contributed by atoms with Gasteiger partial charge in [0, 0.05) is 0 Å². The van der Waals surface area contributed by atoms with E-state index in [0.29, 0.717) is 5.75 Å². The van der Waals surface area contributed by atoms with Crippen molar-refractivity contribution in [3.63, 3.8) is 0 Å². The SMILES string of the molecule is [O]C[CH]Oc1ccccc1. The number of benzene rings is 1. The monoisotopic (exact) mass is 136 g/mol. The molecular formula is C8H8O2. The predicted molar refractivity (Wildman–Crippen MR) is 36.9 cm³/mol. The van der Waals surface area contributed by atoms with Gasteiger partial charge in [-0.1, -0.05) is 18.2 Å². The minimum absolute atomic E-state index is 0.311. The summed E-state index contributed by atoms with van der Waals surface area (Å²) < 4.78 is 4.92. The second-order valence-corrected chi connectivity index (χ2v) is 1.76. The molecule has 1 aromatic carbocycles. The molecule has 52 valence electrons. The van der Waals surface area contributed by atoms with Crippen molar-refractivity contribution in [3.05, 3.63) is 36.9 Å². The average Bonchev–Trinajstić information content (AvgIpc) is 2.03. The van der Waals surface area contributed by atoms with Crippen LogP contribution in [0.1, 0.15) is 0 Å². The molecule has 0 aliphatic carbocycles. The minimum Gasteiger partial charge on any atom is -0.484 e. The van der Waals surface area contributed by atoms with E-state index in [2.05, 4.69) is 0 Å². The van der Waals surface area contributed by atoms with Gasteiger partial charge in [0.25, 0.3) is 0 Å². The summed E-state index contributed by atoms with van der Waals surface area (Å²) in [7, 11) is 0. The maximum absolute atomic E-state index is 9.92. The van der Waals surface area contributed by atoms with Crippen LogP contribution in [-0.4, -0.2) is 6.61 Å². The molecule has 0 aromatic heterocycles. The first-order valence-corrected chi connectivity index (χ1v) is 3.05. The molecule has 10 heavy (non-hydrogen) atoms. The van der Waals surface area contributed by atoms with Crippen molar-refractivity contribution >= 4 is 0 Å². The second kappa shape index (κ2) is 3.90. The van der Waals surface area contributed by atoms with E-state index in [-0.39, 0.29) is 6.61 Å². The van der Waals surface area contributed by atoms with E-state index in [0.717, 1.165) is 0 Å². The lowest BCUT2D eigenvalue weighted by molar-refractivity contribution is 0.177. The number of rotatable bonds is 3. The van der Waals surface area contributed by atoms with Gasteiger partial charge in [0.1, 0.15) is 12.4 Å². The van der Waals surface area contributed by atoms with Crippen LogP contribution in [0.15, 0.2) is 30.3 Å². The van der Waals surface area contributed by atoms with Crippen molar-refractivity contribution in [3.8, 4) is 5.75 Å². The fourth-order valence-corrected chi connectivity index (χ4v) is 0.629. The van der Waals surface area contributed by atoms with Crippen molar-refractivity contribution in [2.75, 3.05) is 6.61 Å². The van der Waals surface area contributed by atoms with Crippen LogP contribution >= 0.6 is 0 Å². The van der Waals surface area contributed by atoms with E-state index in [1.165, 1.54) is 6.61 Å². The van der Waals surface area contributed by atoms with E-state index >= 15 is 0 Å². The zero-order chi connectivity index (χ0) is 7.23. The number of ether oxygens (including phenoxy) is 1. The van der Waals surface area contributed by atoms with Gasteiger partial charge in [-0.15, -0.1) is 0 Å². The Morgan fingerprint density at radius 1 is 1.30 bits per heavy atom. The van der Waals surface area contributed by atoms with Crippen molar-refractivity contribution in [2.24, 2.45) is 0 Å². The van der Waals surface area contributed by atoms with E-state index in [9.17, 15) is 5.11 Å². The molecule has 1 rings (SSSR count). The summed E-state index contributed by atoms with van der Waals surface area (Å²) >= 11 is 0. The van der Waals surface area contributed by atoms with Gasteiger partial charge in [0.15, 0.2) is 6.61 Å². The van der Waals surface area contributed by atoms with Crippen LogP contribution in [0.4, 0.5) is 0 Å². The Bertz CT molecular complexity index is 172. The Hall–Kier alpha value is -1.02. The van der Waals surface area contributed by atoms with Crippen LogP contribution in [0.25, 0.3) is 0 Å². The van der Waals surface area contributed by atoms with Gasteiger partial charge in [-0.2, -0.15) is 0 Å². The number of hydrogen-bond donors (Lipinski definition) is 0. The van der Waals surface area contributed by atoms with Crippen LogP contribution in [0.3, 0.4) is 0 Å². The van der Waals surface area contributed by atoms with E-state index < -0.39 is 0 Å². The fraction of sp³-hybridized carbons (Fsp3) is 0.125. The van der Waals surface area contributed by atoms with Gasteiger partial charge < -0.3 is 4.74 Å². The molecule has 0 aliphatic rings. The lowest BCUT2D eigenvalue weighted by Gasteiger charge is -1.99. The zero-order valence-electron chi connectivity index (χ0n) is 5.49. The molecular weight excluding hydrogens is 128 g/mol. The summed E-state index contributed by atoms with van der Waals surface area (Å²) in [5, 5.41) is 9.92. The van der Waals surface area contributed by atoms with Crippen molar-refractivity contribution < 1.29 is 9.84 Å². The molecule has 0 saturated heterocycles. The first kappa shape index (κ1) is 7.09. The Kier molecular flexibility index (Phi) is 2.77. The highest BCUT2D eigenvalue weighted by Crippen LogP contribution is 2.08. The third-order valence-electron chi connectivity index (χ3n) is 1.03. The molecule has 0 saturated carbocycles. The molecule has 1 aromatic rings. The first-order valence-electron chi connectivity index (χ1n) is 3.05. The summed E-state index contributed by atoms with van der Waals surface area (Å²) in [5.41, 5.74) is 0. The summed E-state index contributed by atoms with van der Waals surface area (Å²) in [6, 6.07) is 9.20. The van der Waals surface area contributed by atoms with Crippen LogP contribution in [0, 0.1) is 6.61 Å². The Morgan fingerprint density at radius 2 is 2.00 bits per heavy atom. The van der Waals surface area contributed by atoms with Crippen molar-refractivity contribution in [2.45, 2.75) is 0 Å². The molecule has 2 heteroatoms. The van der Waals surface area contributed by atoms with Gasteiger partial charge in [-0.25, -0.2) is 5.11 Å². The average molecular weight is 136 g/mol. The smallest absolute Gasteiger partial charge is 0.164 e. The summed E-state index contributed by atoms with van der Waals surface area (Å²) in [5.74, 6) is 0.707. The van der Waals surface area contributed by atoms with Crippen LogP contribution < -0.4 is 4.74 Å². The van der Waals surface area contributed by atoms with E-state index in [4.69, 9.17) is 4.74 Å². The highest BCUT2D eigenvalue weighted by Gasteiger charge is 1.88. The third-order valence-corrected chi connectivity index (χ3v) is 1.03. The highest BCUT2D eigenvalue weighted by atomic mass is 16.5. The number of para-hydroxylation sites is 1. The standard InChI is InChI=1S/C8H8O2/c9-6-7-10-8-4-2-1-3-5-8/h1-5,7H,6H2. The maximum atomic E-state index is 9.92. The zero-order valence-corrected chi connectivity index (χ0v) is 5.49. The van der Waals surface area contributed by atoms with Crippen LogP contribution in [0.5, 0.6) is 5.75 Å². The first-order chi connectivity index (χ1) is 4.93. The van der Waals surface area contributed by atoms with Crippen LogP contribution in [-0.2, 0) is 5.11 Å². The topological polar surface area (TPSA) is 29.1 Å². The second-order valence-electron chi connectivity index (χ2n) is 1.76. The molecule has 2 nitrogen and oxygen atoms in total. The third kappa shape index (κ3) is 2.07. The van der Waals surface area contributed by atoms with Gasteiger partial charge >= 0.3 is 0 Å². The van der Waals surface area contributed by atoms with Gasteiger partial charge in [0.2, 0.25) is 0 Å². The normalized spacial score (nSPS) is 9.30. The molecule has 0 bridgehead atoms.